The van der Waals surface area contributed by atoms with Gasteiger partial charge in [0, 0.05) is 18.7 Å². The van der Waals surface area contributed by atoms with E-state index in [0.29, 0.717) is 5.56 Å². The van der Waals surface area contributed by atoms with Crippen molar-refractivity contribution in [3.63, 3.8) is 0 Å². The van der Waals surface area contributed by atoms with Crippen LogP contribution in [0.15, 0.2) is 42.5 Å². The molecule has 0 saturated heterocycles. The number of nitrogens with one attached hydrogen (secondary N) is 1. The van der Waals surface area contributed by atoms with E-state index in [1.807, 2.05) is 6.07 Å². The smallest absolute Gasteiger partial charge is 0.271 e. The molecule has 0 atom stereocenters. The lowest BCUT2D eigenvalue weighted by molar-refractivity contribution is -0.384. The van der Waals surface area contributed by atoms with E-state index in [0.717, 1.165) is 23.8 Å². The second kappa shape index (κ2) is 5.80. The highest BCUT2D eigenvalue weighted by Crippen LogP contribution is 2.21. The Balaban J connectivity index is 2.16. The first kappa shape index (κ1) is 13.5. The molecule has 2 aromatic rings. The lowest BCUT2D eigenvalue weighted by Crippen LogP contribution is -2.02. The summed E-state index contributed by atoms with van der Waals surface area (Å²) in [4.78, 5) is 10.1. The molecule has 2 rings (SSSR count). The van der Waals surface area contributed by atoms with E-state index in [2.05, 4.69) is 5.32 Å². The van der Waals surface area contributed by atoms with Crippen molar-refractivity contribution in [2.24, 2.45) is 0 Å². The monoisotopic (exact) mass is 271 g/mol. The van der Waals surface area contributed by atoms with Crippen LogP contribution in [-0.4, -0.2) is 4.92 Å². The first-order valence-electron chi connectivity index (χ1n) is 5.77. The predicted molar refractivity (Wildman–Crippen MR) is 71.5 cm³/mol. The lowest BCUT2D eigenvalue weighted by Gasteiger charge is -2.07. The number of nitrogens with zero attached hydrogens (tertiary/aromatic N) is 2. The van der Waals surface area contributed by atoms with Crippen molar-refractivity contribution in [1.29, 1.82) is 5.26 Å². The number of nitro benzene ring substituents is 1. The Kier molecular flexibility index (Phi) is 3.91. The quantitative estimate of drug-likeness (QED) is 0.684. The van der Waals surface area contributed by atoms with Gasteiger partial charge in [0.1, 0.15) is 5.82 Å². The van der Waals surface area contributed by atoms with E-state index in [9.17, 15) is 14.5 Å². The minimum Gasteiger partial charge on any atom is -0.378 e. The number of hydrogen-bond donors (Lipinski definition) is 1. The fraction of sp³-hybridized carbons (Fsp3) is 0.0714. The molecule has 6 heteroatoms. The van der Waals surface area contributed by atoms with Gasteiger partial charge < -0.3 is 5.32 Å². The highest BCUT2D eigenvalue weighted by molar-refractivity contribution is 5.52. The van der Waals surface area contributed by atoms with Crippen LogP contribution in [0.4, 0.5) is 15.8 Å². The van der Waals surface area contributed by atoms with Gasteiger partial charge in [0.25, 0.3) is 5.69 Å². The number of nitro groups is 1. The summed E-state index contributed by atoms with van der Waals surface area (Å²) >= 11 is 0. The molecule has 0 aliphatic rings. The van der Waals surface area contributed by atoms with Gasteiger partial charge >= 0.3 is 0 Å². The van der Waals surface area contributed by atoms with E-state index >= 15 is 0 Å². The highest BCUT2D eigenvalue weighted by Gasteiger charge is 2.10. The van der Waals surface area contributed by atoms with Crippen LogP contribution in [0.5, 0.6) is 0 Å². The second-order valence-electron chi connectivity index (χ2n) is 4.09. The Morgan fingerprint density at radius 3 is 2.80 bits per heavy atom. The molecular formula is C14H10FN3O2. The van der Waals surface area contributed by atoms with Gasteiger partial charge in [-0.15, -0.1) is 0 Å². The highest BCUT2D eigenvalue weighted by atomic mass is 19.1. The summed E-state index contributed by atoms with van der Waals surface area (Å²) in [6.45, 7) is 0.271. The zero-order valence-corrected chi connectivity index (χ0v) is 10.3. The third kappa shape index (κ3) is 3.09. The van der Waals surface area contributed by atoms with Crippen LogP contribution in [0.2, 0.25) is 0 Å². The average Bonchev–Trinajstić information content (AvgIpc) is 2.46. The van der Waals surface area contributed by atoms with Crippen molar-refractivity contribution in [1.82, 2.24) is 0 Å². The van der Waals surface area contributed by atoms with Crippen molar-refractivity contribution in [2.45, 2.75) is 6.54 Å². The number of benzene rings is 2. The molecule has 0 radical (unpaired) electrons. The molecule has 0 heterocycles. The Bertz CT molecular complexity index is 695. The Labute approximate surface area is 114 Å². The molecule has 0 spiro atoms. The summed E-state index contributed by atoms with van der Waals surface area (Å²) in [5, 5.41) is 22.2. The zero-order chi connectivity index (χ0) is 14.5. The van der Waals surface area contributed by atoms with Crippen LogP contribution in [0.3, 0.4) is 0 Å². The van der Waals surface area contributed by atoms with Crippen LogP contribution in [0.25, 0.3) is 0 Å². The van der Waals surface area contributed by atoms with E-state index in [-0.39, 0.29) is 17.9 Å². The summed E-state index contributed by atoms with van der Waals surface area (Å²) in [6.07, 6.45) is 0. The summed E-state index contributed by atoms with van der Waals surface area (Å²) in [7, 11) is 0. The van der Waals surface area contributed by atoms with Gasteiger partial charge in [0.2, 0.25) is 0 Å². The van der Waals surface area contributed by atoms with Crippen molar-refractivity contribution in [2.75, 3.05) is 5.32 Å². The minimum absolute atomic E-state index is 0.0570. The zero-order valence-electron chi connectivity index (χ0n) is 10.3. The summed E-state index contributed by atoms with van der Waals surface area (Å²) in [5.41, 5.74) is 1.17. The molecule has 0 aliphatic carbocycles. The van der Waals surface area contributed by atoms with Crippen LogP contribution >= 0.6 is 0 Å². The molecule has 0 amide bonds. The molecule has 0 bridgehead atoms. The molecule has 0 saturated carbocycles. The maximum Gasteiger partial charge on any atom is 0.271 e. The Morgan fingerprint density at radius 1 is 1.30 bits per heavy atom. The molecule has 0 aromatic heterocycles. The summed E-state index contributed by atoms with van der Waals surface area (Å²) in [6, 6.07) is 12.1. The fourth-order valence-electron chi connectivity index (χ4n) is 1.71. The van der Waals surface area contributed by atoms with Gasteiger partial charge in [-0.2, -0.15) is 5.26 Å². The van der Waals surface area contributed by atoms with Crippen molar-refractivity contribution < 1.29 is 9.31 Å². The number of anilines is 1. The van der Waals surface area contributed by atoms with Crippen LogP contribution in [0, 0.1) is 27.3 Å². The van der Waals surface area contributed by atoms with Crippen molar-refractivity contribution >= 4 is 11.4 Å². The Hall–Kier alpha value is -2.94. The minimum atomic E-state index is -0.582. The third-order valence-corrected chi connectivity index (χ3v) is 2.70. The number of non-ortho nitro benzene ring substituents is 1. The van der Waals surface area contributed by atoms with Gasteiger partial charge in [0.05, 0.1) is 22.2 Å². The van der Waals surface area contributed by atoms with Crippen LogP contribution in [-0.2, 0) is 6.54 Å². The molecule has 0 aliphatic heterocycles. The average molecular weight is 271 g/mol. The topological polar surface area (TPSA) is 79.0 Å². The molecule has 100 valence electrons. The lowest BCUT2D eigenvalue weighted by atomic mass is 10.1. The molecule has 0 unspecified atom stereocenters. The second-order valence-corrected chi connectivity index (χ2v) is 4.09. The third-order valence-electron chi connectivity index (χ3n) is 2.70. The number of rotatable bonds is 4. The maximum absolute atomic E-state index is 13.5. The molecule has 0 fully saturated rings. The summed E-state index contributed by atoms with van der Waals surface area (Å²) in [5.74, 6) is -0.563. The SMILES string of the molecule is N#Cc1cccc(CNc2cc([N+](=O)[O-])ccc2F)c1. The van der Waals surface area contributed by atoms with E-state index in [1.54, 1.807) is 24.3 Å². The van der Waals surface area contributed by atoms with E-state index in [4.69, 9.17) is 5.26 Å². The van der Waals surface area contributed by atoms with Crippen molar-refractivity contribution in [3.8, 4) is 6.07 Å². The van der Waals surface area contributed by atoms with Gasteiger partial charge in [-0.25, -0.2) is 4.39 Å². The van der Waals surface area contributed by atoms with E-state index in [1.165, 1.54) is 0 Å². The van der Waals surface area contributed by atoms with E-state index < -0.39 is 10.7 Å². The van der Waals surface area contributed by atoms with Gasteiger partial charge in [-0.1, -0.05) is 12.1 Å². The summed E-state index contributed by atoms with van der Waals surface area (Å²) < 4.78 is 13.5. The normalized spacial score (nSPS) is 9.80. The van der Waals surface area contributed by atoms with Crippen LogP contribution < -0.4 is 5.32 Å². The molecular weight excluding hydrogens is 261 g/mol. The molecule has 5 nitrogen and oxygen atoms in total. The number of nitriles is 1. The van der Waals surface area contributed by atoms with Gasteiger partial charge in [-0.3, -0.25) is 10.1 Å². The molecule has 2 aromatic carbocycles. The number of halogens is 1. The van der Waals surface area contributed by atoms with Crippen LogP contribution in [0.1, 0.15) is 11.1 Å². The molecule has 20 heavy (non-hydrogen) atoms. The molecule has 1 N–H and O–H groups in total. The van der Waals surface area contributed by atoms with Crippen molar-refractivity contribution in [3.05, 3.63) is 69.5 Å². The fourth-order valence-corrected chi connectivity index (χ4v) is 1.71. The van der Waals surface area contributed by atoms with Gasteiger partial charge in [0.15, 0.2) is 0 Å². The Morgan fingerprint density at radius 2 is 2.10 bits per heavy atom. The largest absolute Gasteiger partial charge is 0.378 e. The first-order chi connectivity index (χ1) is 9.60. The predicted octanol–water partition coefficient (Wildman–Crippen LogP) is 3.22. The maximum atomic E-state index is 13.5. The first-order valence-corrected chi connectivity index (χ1v) is 5.77. The number of hydrogen-bond acceptors (Lipinski definition) is 4. The standard InChI is InChI=1S/C14H10FN3O2/c15-13-5-4-12(18(19)20)7-14(13)17-9-11-3-1-2-10(6-11)8-16/h1-7,17H,9H2. The van der Waals surface area contributed by atoms with Gasteiger partial charge in [-0.05, 0) is 23.8 Å².